The van der Waals surface area contributed by atoms with Gasteiger partial charge in [0, 0.05) is 26.6 Å². The van der Waals surface area contributed by atoms with Gasteiger partial charge in [0.15, 0.2) is 5.78 Å². The summed E-state index contributed by atoms with van der Waals surface area (Å²) in [6, 6.07) is 8.80. The molecule has 0 aliphatic rings. The SMILES string of the molecule is O=C(Cn1cnc2c(Br)cc(Br)cc2c1=O)c1cccc([N+](=O)[O-])c1. The van der Waals surface area contributed by atoms with Crippen LogP contribution in [0, 0.1) is 10.1 Å². The van der Waals surface area contributed by atoms with Gasteiger partial charge in [0.2, 0.25) is 0 Å². The van der Waals surface area contributed by atoms with Gasteiger partial charge < -0.3 is 0 Å². The second-order valence-electron chi connectivity index (χ2n) is 5.19. The Morgan fingerprint density at radius 1 is 1.24 bits per heavy atom. The molecule has 1 heterocycles. The van der Waals surface area contributed by atoms with E-state index >= 15 is 0 Å². The number of non-ortho nitro benzene ring substituents is 1. The molecule has 2 aromatic carbocycles. The van der Waals surface area contributed by atoms with Crippen molar-refractivity contribution in [2.75, 3.05) is 0 Å². The Morgan fingerprint density at radius 2 is 2.00 bits per heavy atom. The van der Waals surface area contributed by atoms with Crippen molar-refractivity contribution in [1.82, 2.24) is 9.55 Å². The summed E-state index contributed by atoms with van der Waals surface area (Å²) < 4.78 is 2.54. The van der Waals surface area contributed by atoms with Crippen molar-refractivity contribution in [3.8, 4) is 0 Å². The number of fused-ring (bicyclic) bond motifs is 1. The first-order valence-corrected chi connectivity index (χ1v) is 8.57. The third-order valence-corrected chi connectivity index (χ3v) is 4.60. The largest absolute Gasteiger partial charge is 0.292 e. The Balaban J connectivity index is 1.99. The molecule has 7 nitrogen and oxygen atoms in total. The normalized spacial score (nSPS) is 10.8. The van der Waals surface area contributed by atoms with Crippen LogP contribution < -0.4 is 5.56 Å². The van der Waals surface area contributed by atoms with Crippen LogP contribution in [0.2, 0.25) is 0 Å². The molecule has 0 aliphatic heterocycles. The molecule has 0 spiro atoms. The Kier molecular flexibility index (Phi) is 4.78. The first-order chi connectivity index (χ1) is 11.9. The maximum Gasteiger partial charge on any atom is 0.270 e. The maximum atomic E-state index is 12.6. The van der Waals surface area contributed by atoms with E-state index in [-0.39, 0.29) is 23.4 Å². The van der Waals surface area contributed by atoms with Gasteiger partial charge in [0.25, 0.3) is 11.2 Å². The number of nitro groups is 1. The van der Waals surface area contributed by atoms with Crippen molar-refractivity contribution < 1.29 is 9.72 Å². The van der Waals surface area contributed by atoms with Gasteiger partial charge in [0.05, 0.1) is 28.7 Å². The van der Waals surface area contributed by atoms with Crippen molar-refractivity contribution >= 4 is 54.2 Å². The summed E-state index contributed by atoms with van der Waals surface area (Å²) in [5.74, 6) is -0.416. The number of hydrogen-bond acceptors (Lipinski definition) is 5. The molecule has 0 aliphatic carbocycles. The van der Waals surface area contributed by atoms with Gasteiger partial charge in [-0.25, -0.2) is 4.98 Å². The molecule has 0 radical (unpaired) electrons. The lowest BCUT2D eigenvalue weighted by Crippen LogP contribution is -2.24. The number of carbonyl (C=O) groups excluding carboxylic acids is 1. The molecule has 126 valence electrons. The quantitative estimate of drug-likeness (QED) is 0.331. The van der Waals surface area contributed by atoms with Gasteiger partial charge in [-0.1, -0.05) is 28.1 Å². The minimum atomic E-state index is -0.574. The molecule has 25 heavy (non-hydrogen) atoms. The zero-order valence-corrected chi connectivity index (χ0v) is 15.7. The van der Waals surface area contributed by atoms with E-state index in [1.54, 1.807) is 12.1 Å². The highest BCUT2D eigenvalue weighted by atomic mass is 79.9. The Labute approximate surface area is 157 Å². The van der Waals surface area contributed by atoms with Crippen molar-refractivity contribution in [3.63, 3.8) is 0 Å². The summed E-state index contributed by atoms with van der Waals surface area (Å²) in [4.78, 5) is 39.4. The highest BCUT2D eigenvalue weighted by Gasteiger charge is 2.14. The maximum absolute atomic E-state index is 12.6. The molecule has 0 saturated heterocycles. The van der Waals surface area contributed by atoms with E-state index in [1.807, 2.05) is 0 Å². The third kappa shape index (κ3) is 3.52. The van der Waals surface area contributed by atoms with Gasteiger partial charge in [0.1, 0.15) is 0 Å². The van der Waals surface area contributed by atoms with Crippen molar-refractivity contribution in [3.05, 3.63) is 77.7 Å². The lowest BCUT2D eigenvalue weighted by molar-refractivity contribution is -0.384. The van der Waals surface area contributed by atoms with Gasteiger partial charge in [-0.05, 0) is 28.1 Å². The van der Waals surface area contributed by atoms with Gasteiger partial charge in [-0.2, -0.15) is 0 Å². The number of ketones is 1. The molecular formula is C16H9Br2N3O4. The van der Waals surface area contributed by atoms with Crippen LogP contribution in [0.1, 0.15) is 10.4 Å². The molecule has 9 heteroatoms. The van der Waals surface area contributed by atoms with E-state index in [9.17, 15) is 19.7 Å². The fourth-order valence-electron chi connectivity index (χ4n) is 2.35. The van der Waals surface area contributed by atoms with E-state index in [4.69, 9.17) is 0 Å². The van der Waals surface area contributed by atoms with Gasteiger partial charge in [-0.3, -0.25) is 24.3 Å². The predicted molar refractivity (Wildman–Crippen MR) is 98.8 cm³/mol. The first-order valence-electron chi connectivity index (χ1n) is 6.98. The standard InChI is InChI=1S/C16H9Br2N3O4/c17-10-5-12-15(13(18)6-10)19-8-20(16(12)23)7-14(22)9-2-1-3-11(4-9)21(24)25/h1-6,8H,7H2. The lowest BCUT2D eigenvalue weighted by Gasteiger charge is -2.07. The monoisotopic (exact) mass is 465 g/mol. The number of carbonyl (C=O) groups is 1. The number of Topliss-reactive ketones (excluding diaryl/α,β-unsaturated/α-hetero) is 1. The van der Waals surface area contributed by atoms with Crippen LogP contribution in [0.4, 0.5) is 5.69 Å². The van der Waals surface area contributed by atoms with E-state index in [2.05, 4.69) is 36.8 Å². The number of aromatic nitrogens is 2. The van der Waals surface area contributed by atoms with Crippen LogP contribution >= 0.6 is 31.9 Å². The highest BCUT2D eigenvalue weighted by molar-refractivity contribution is 9.11. The average Bonchev–Trinajstić information content (AvgIpc) is 2.57. The molecule has 0 bridgehead atoms. The molecule has 3 aromatic rings. The minimum Gasteiger partial charge on any atom is -0.292 e. The van der Waals surface area contributed by atoms with Crippen LogP contribution in [0.5, 0.6) is 0 Å². The molecule has 1 aromatic heterocycles. The Hall–Kier alpha value is -2.39. The molecule has 0 fully saturated rings. The number of rotatable bonds is 4. The topological polar surface area (TPSA) is 95.1 Å². The molecule has 0 N–H and O–H groups in total. The average molecular weight is 467 g/mol. The lowest BCUT2D eigenvalue weighted by atomic mass is 10.1. The third-order valence-electron chi connectivity index (χ3n) is 3.54. The number of nitrogens with zero attached hydrogens (tertiary/aromatic N) is 3. The molecule has 0 amide bonds. The molecule has 0 atom stereocenters. The second kappa shape index (κ2) is 6.85. The van der Waals surface area contributed by atoms with Crippen LogP contribution in [0.15, 0.2) is 56.5 Å². The zero-order valence-electron chi connectivity index (χ0n) is 12.5. The predicted octanol–water partition coefficient (Wildman–Crippen LogP) is 3.71. The molecule has 0 saturated carbocycles. The summed E-state index contributed by atoms with van der Waals surface area (Å²) in [5, 5.41) is 11.2. The fourth-order valence-corrected chi connectivity index (χ4v) is 3.67. The van der Waals surface area contributed by atoms with Gasteiger partial charge in [-0.15, -0.1) is 0 Å². The molecular weight excluding hydrogens is 458 g/mol. The minimum absolute atomic E-state index is 0.164. The van der Waals surface area contributed by atoms with E-state index in [1.165, 1.54) is 35.2 Å². The summed E-state index contributed by atoms with van der Waals surface area (Å²) in [7, 11) is 0. The van der Waals surface area contributed by atoms with Crippen LogP contribution in [0.3, 0.4) is 0 Å². The Morgan fingerprint density at radius 3 is 2.72 bits per heavy atom. The van der Waals surface area contributed by atoms with Crippen LogP contribution in [-0.4, -0.2) is 20.3 Å². The summed E-state index contributed by atoms with van der Waals surface area (Å²) in [6.45, 7) is -0.257. The number of halogens is 2. The van der Waals surface area contributed by atoms with Gasteiger partial charge >= 0.3 is 0 Å². The number of benzene rings is 2. The molecule has 3 rings (SSSR count). The number of nitro benzene ring substituents is 1. The smallest absolute Gasteiger partial charge is 0.270 e. The second-order valence-corrected chi connectivity index (χ2v) is 6.96. The zero-order chi connectivity index (χ0) is 18.1. The summed E-state index contributed by atoms with van der Waals surface area (Å²) in [5.41, 5.74) is 0.109. The van der Waals surface area contributed by atoms with Crippen molar-refractivity contribution in [1.29, 1.82) is 0 Å². The summed E-state index contributed by atoms with van der Waals surface area (Å²) in [6.07, 6.45) is 1.29. The van der Waals surface area contributed by atoms with E-state index in [0.29, 0.717) is 19.8 Å². The van der Waals surface area contributed by atoms with Crippen molar-refractivity contribution in [2.45, 2.75) is 6.54 Å². The number of hydrogen-bond donors (Lipinski definition) is 0. The van der Waals surface area contributed by atoms with Crippen molar-refractivity contribution in [2.24, 2.45) is 0 Å². The highest BCUT2D eigenvalue weighted by Crippen LogP contribution is 2.24. The van der Waals surface area contributed by atoms with Crippen LogP contribution in [0.25, 0.3) is 10.9 Å². The fraction of sp³-hybridized carbons (Fsp3) is 0.0625. The summed E-state index contributed by atoms with van der Waals surface area (Å²) >= 11 is 6.66. The Bertz CT molecular complexity index is 1080. The van der Waals surface area contributed by atoms with E-state index < -0.39 is 10.7 Å². The molecule has 0 unspecified atom stereocenters. The first kappa shape index (κ1) is 17.4. The van der Waals surface area contributed by atoms with Crippen LogP contribution in [-0.2, 0) is 6.54 Å². The van der Waals surface area contributed by atoms with E-state index in [0.717, 1.165) is 0 Å².